The minimum absolute atomic E-state index is 0. The van der Waals surface area contributed by atoms with Crippen LogP contribution in [0.2, 0.25) is 0 Å². The molecule has 0 unspecified atom stereocenters. The fourth-order valence-corrected chi connectivity index (χ4v) is 1.62. The van der Waals surface area contributed by atoms with Crippen molar-refractivity contribution in [2.24, 2.45) is 5.73 Å². The SMILES string of the molecule is COc1cc(OC)c([C@@H](N)C(F)(F)CO)cc1OC.Cl. The van der Waals surface area contributed by atoms with Gasteiger partial charge in [0.15, 0.2) is 11.5 Å². The zero-order valence-electron chi connectivity index (χ0n) is 11.4. The number of nitrogens with two attached hydrogens (primary N) is 1. The van der Waals surface area contributed by atoms with Gasteiger partial charge in [-0.3, -0.25) is 0 Å². The Morgan fingerprint density at radius 3 is 1.95 bits per heavy atom. The molecule has 0 fully saturated rings. The van der Waals surface area contributed by atoms with Crippen LogP contribution in [0.1, 0.15) is 11.6 Å². The summed E-state index contributed by atoms with van der Waals surface area (Å²) in [6.07, 6.45) is 0. The first-order valence-electron chi connectivity index (χ1n) is 5.45. The van der Waals surface area contributed by atoms with Gasteiger partial charge in [0.2, 0.25) is 0 Å². The molecule has 0 saturated heterocycles. The molecule has 3 N–H and O–H groups in total. The average Bonchev–Trinajstić information content (AvgIpc) is 2.44. The highest BCUT2D eigenvalue weighted by molar-refractivity contribution is 5.85. The number of aliphatic hydroxyl groups excluding tert-OH is 1. The number of hydrogen-bond donors (Lipinski definition) is 2. The molecule has 20 heavy (non-hydrogen) atoms. The first kappa shape index (κ1) is 18.7. The number of alkyl halides is 2. The highest BCUT2D eigenvalue weighted by Gasteiger charge is 2.39. The minimum atomic E-state index is -3.47. The van der Waals surface area contributed by atoms with Crippen LogP contribution in [-0.4, -0.2) is 39.0 Å². The Bertz CT molecular complexity index is 446. The lowest BCUT2D eigenvalue weighted by molar-refractivity contribution is -0.0716. The van der Waals surface area contributed by atoms with Crippen molar-refractivity contribution in [3.63, 3.8) is 0 Å². The number of rotatable bonds is 6. The van der Waals surface area contributed by atoms with E-state index in [0.717, 1.165) is 0 Å². The van der Waals surface area contributed by atoms with E-state index in [0.29, 0.717) is 5.75 Å². The third-order valence-electron chi connectivity index (χ3n) is 2.74. The normalized spacial score (nSPS) is 12.3. The molecule has 0 saturated carbocycles. The van der Waals surface area contributed by atoms with Crippen molar-refractivity contribution in [3.8, 4) is 17.2 Å². The second-order valence-corrected chi connectivity index (χ2v) is 3.85. The van der Waals surface area contributed by atoms with Gasteiger partial charge in [-0.05, 0) is 6.07 Å². The summed E-state index contributed by atoms with van der Waals surface area (Å²) in [4.78, 5) is 0. The Labute approximate surface area is 122 Å². The minimum Gasteiger partial charge on any atom is -0.496 e. The number of methoxy groups -OCH3 is 3. The van der Waals surface area contributed by atoms with E-state index in [1.54, 1.807) is 0 Å². The van der Waals surface area contributed by atoms with Crippen molar-refractivity contribution in [3.05, 3.63) is 17.7 Å². The predicted molar refractivity (Wildman–Crippen MR) is 72.3 cm³/mol. The summed E-state index contributed by atoms with van der Waals surface area (Å²) in [6, 6.07) is 1.00. The largest absolute Gasteiger partial charge is 0.496 e. The fraction of sp³-hybridized carbons (Fsp3) is 0.500. The van der Waals surface area contributed by atoms with Crippen molar-refractivity contribution in [1.29, 1.82) is 0 Å². The molecule has 116 valence electrons. The van der Waals surface area contributed by atoms with Gasteiger partial charge in [-0.25, -0.2) is 8.78 Å². The molecule has 0 radical (unpaired) electrons. The van der Waals surface area contributed by atoms with Gasteiger partial charge in [-0.2, -0.15) is 0 Å². The lowest BCUT2D eigenvalue weighted by Gasteiger charge is -2.24. The van der Waals surface area contributed by atoms with Crippen molar-refractivity contribution in [2.75, 3.05) is 27.9 Å². The molecule has 0 heterocycles. The molecule has 1 atom stereocenters. The Kier molecular flexibility index (Phi) is 6.98. The number of ether oxygens (including phenoxy) is 3. The number of hydrogen-bond acceptors (Lipinski definition) is 5. The van der Waals surface area contributed by atoms with Crippen LogP contribution in [0.25, 0.3) is 0 Å². The van der Waals surface area contributed by atoms with Crippen LogP contribution in [0, 0.1) is 0 Å². The van der Waals surface area contributed by atoms with Gasteiger partial charge < -0.3 is 25.1 Å². The van der Waals surface area contributed by atoms with Crippen molar-refractivity contribution in [1.82, 2.24) is 0 Å². The second kappa shape index (κ2) is 7.47. The van der Waals surface area contributed by atoms with Crippen LogP contribution >= 0.6 is 12.4 Å². The van der Waals surface area contributed by atoms with Gasteiger partial charge in [0.25, 0.3) is 5.92 Å². The monoisotopic (exact) mass is 313 g/mol. The number of aliphatic hydroxyl groups is 1. The maximum atomic E-state index is 13.5. The number of halogens is 3. The molecule has 0 aliphatic carbocycles. The van der Waals surface area contributed by atoms with Crippen LogP contribution in [0.15, 0.2) is 12.1 Å². The van der Waals surface area contributed by atoms with Crippen LogP contribution < -0.4 is 19.9 Å². The zero-order chi connectivity index (χ0) is 14.6. The summed E-state index contributed by atoms with van der Waals surface area (Å²) >= 11 is 0. The Balaban J connectivity index is 0.00000361. The van der Waals surface area contributed by atoms with E-state index in [2.05, 4.69) is 0 Å². The first-order valence-corrected chi connectivity index (χ1v) is 5.45. The summed E-state index contributed by atoms with van der Waals surface area (Å²) in [5.41, 5.74) is 5.52. The standard InChI is InChI=1S/C12H17F2NO4.ClH/c1-17-8-5-10(19-3)9(18-2)4-7(8)11(15)12(13,14)6-16;/h4-5,11,16H,6,15H2,1-3H3;1H/t11-;/m1./s1. The molecule has 5 nitrogen and oxygen atoms in total. The van der Waals surface area contributed by atoms with Crippen molar-refractivity contribution < 1.29 is 28.1 Å². The maximum absolute atomic E-state index is 13.5. The van der Waals surface area contributed by atoms with Gasteiger partial charge >= 0.3 is 0 Å². The molecular weight excluding hydrogens is 296 g/mol. The molecule has 1 aromatic carbocycles. The molecule has 0 amide bonds. The van der Waals surface area contributed by atoms with Crippen LogP contribution in [0.4, 0.5) is 8.78 Å². The van der Waals surface area contributed by atoms with Gasteiger partial charge in [0.05, 0.1) is 21.3 Å². The van der Waals surface area contributed by atoms with E-state index in [4.69, 9.17) is 25.1 Å². The molecule has 0 spiro atoms. The molecule has 0 aliphatic heterocycles. The molecule has 0 bridgehead atoms. The Morgan fingerprint density at radius 2 is 1.55 bits per heavy atom. The Morgan fingerprint density at radius 1 is 1.10 bits per heavy atom. The van der Waals surface area contributed by atoms with Crippen LogP contribution in [-0.2, 0) is 0 Å². The summed E-state index contributed by atoms with van der Waals surface area (Å²) in [5.74, 6) is -2.74. The lowest BCUT2D eigenvalue weighted by Crippen LogP contribution is -2.36. The van der Waals surface area contributed by atoms with Gasteiger partial charge in [0, 0.05) is 11.6 Å². The van der Waals surface area contributed by atoms with Gasteiger partial charge in [0.1, 0.15) is 18.4 Å². The predicted octanol–water partition coefficient (Wildman–Crippen LogP) is 1.76. The lowest BCUT2D eigenvalue weighted by atomic mass is 10.00. The maximum Gasteiger partial charge on any atom is 0.289 e. The molecule has 0 aliphatic rings. The highest BCUT2D eigenvalue weighted by Crippen LogP contribution is 2.40. The van der Waals surface area contributed by atoms with E-state index >= 15 is 0 Å². The molecule has 1 aromatic rings. The Hall–Kier alpha value is -1.31. The van der Waals surface area contributed by atoms with E-state index in [-0.39, 0.29) is 29.5 Å². The molecule has 0 aromatic heterocycles. The third-order valence-corrected chi connectivity index (χ3v) is 2.74. The first-order chi connectivity index (χ1) is 8.91. The van der Waals surface area contributed by atoms with Gasteiger partial charge in [-0.1, -0.05) is 0 Å². The van der Waals surface area contributed by atoms with E-state index in [9.17, 15) is 8.78 Å². The average molecular weight is 314 g/mol. The quantitative estimate of drug-likeness (QED) is 0.837. The van der Waals surface area contributed by atoms with E-state index in [1.165, 1.54) is 33.5 Å². The molecular formula is C12H18ClF2NO4. The van der Waals surface area contributed by atoms with Crippen molar-refractivity contribution >= 4 is 12.4 Å². The molecule has 8 heteroatoms. The van der Waals surface area contributed by atoms with E-state index < -0.39 is 18.6 Å². The summed E-state index contributed by atoms with van der Waals surface area (Å²) < 4.78 is 42.0. The number of benzene rings is 1. The van der Waals surface area contributed by atoms with Crippen molar-refractivity contribution in [2.45, 2.75) is 12.0 Å². The topological polar surface area (TPSA) is 73.9 Å². The smallest absolute Gasteiger partial charge is 0.289 e. The summed E-state index contributed by atoms with van der Waals surface area (Å²) in [7, 11) is 4.12. The molecule has 1 rings (SSSR count). The summed E-state index contributed by atoms with van der Waals surface area (Å²) in [6.45, 7) is -1.36. The zero-order valence-corrected chi connectivity index (χ0v) is 12.2. The highest BCUT2D eigenvalue weighted by atomic mass is 35.5. The summed E-state index contributed by atoms with van der Waals surface area (Å²) in [5, 5.41) is 8.69. The van der Waals surface area contributed by atoms with Gasteiger partial charge in [-0.15, -0.1) is 12.4 Å². The van der Waals surface area contributed by atoms with Crippen LogP contribution in [0.3, 0.4) is 0 Å². The second-order valence-electron chi connectivity index (χ2n) is 3.85. The van der Waals surface area contributed by atoms with Crippen LogP contribution in [0.5, 0.6) is 17.2 Å². The fourth-order valence-electron chi connectivity index (χ4n) is 1.62. The third kappa shape index (κ3) is 3.62. The van der Waals surface area contributed by atoms with E-state index in [1.807, 2.05) is 0 Å².